The lowest BCUT2D eigenvalue weighted by molar-refractivity contribution is 0.101. The van der Waals surface area contributed by atoms with Crippen LogP contribution in [0.5, 0.6) is 0 Å². The van der Waals surface area contributed by atoms with Gasteiger partial charge in [-0.2, -0.15) is 0 Å². The number of nitrogens with one attached hydrogen (secondary N) is 1. The van der Waals surface area contributed by atoms with Crippen molar-refractivity contribution in [1.29, 1.82) is 0 Å². The summed E-state index contributed by atoms with van der Waals surface area (Å²) in [4.78, 5) is 23.3. The predicted molar refractivity (Wildman–Crippen MR) is 67.0 cm³/mol. The van der Waals surface area contributed by atoms with Crippen LogP contribution >= 0.6 is 0 Å². The summed E-state index contributed by atoms with van der Waals surface area (Å²) >= 11 is 0. The van der Waals surface area contributed by atoms with E-state index in [1.54, 1.807) is 22.8 Å². The molecule has 0 aliphatic carbocycles. The molecule has 18 heavy (non-hydrogen) atoms. The van der Waals surface area contributed by atoms with E-state index in [4.69, 9.17) is 4.42 Å². The first-order valence-corrected chi connectivity index (χ1v) is 6.03. The molecule has 1 unspecified atom stereocenters. The van der Waals surface area contributed by atoms with E-state index in [9.17, 15) is 9.59 Å². The number of fused-ring (bicyclic) bond motifs is 1. The van der Waals surface area contributed by atoms with Crippen molar-refractivity contribution >= 4 is 16.9 Å². The van der Waals surface area contributed by atoms with Crippen molar-refractivity contribution < 1.29 is 9.21 Å². The van der Waals surface area contributed by atoms with Gasteiger partial charge in [-0.15, -0.1) is 0 Å². The zero-order chi connectivity index (χ0) is 12.7. The molecule has 0 radical (unpaired) electrons. The second-order valence-corrected chi connectivity index (χ2v) is 4.62. The van der Waals surface area contributed by atoms with E-state index >= 15 is 0 Å². The number of benzene rings is 1. The number of ketones is 1. The maximum Gasteiger partial charge on any atom is 0.420 e. The van der Waals surface area contributed by atoms with Crippen molar-refractivity contribution in [3.05, 3.63) is 34.3 Å². The van der Waals surface area contributed by atoms with Gasteiger partial charge in [0.2, 0.25) is 0 Å². The molecule has 0 amide bonds. The van der Waals surface area contributed by atoms with Crippen LogP contribution in [-0.4, -0.2) is 23.4 Å². The monoisotopic (exact) mass is 246 g/mol. The van der Waals surface area contributed by atoms with Crippen molar-refractivity contribution in [3.8, 4) is 0 Å². The molecule has 0 bridgehead atoms. The summed E-state index contributed by atoms with van der Waals surface area (Å²) in [7, 11) is 0. The number of hydrogen-bond donors (Lipinski definition) is 1. The topological polar surface area (TPSA) is 64.2 Å². The number of carbonyl (C=O) groups is 1. The third kappa shape index (κ3) is 1.67. The Bertz CT molecular complexity index is 662. The molecule has 3 rings (SSSR count). The van der Waals surface area contributed by atoms with Gasteiger partial charge in [0, 0.05) is 12.1 Å². The Balaban J connectivity index is 2.22. The number of Topliss-reactive ketones (excluding diaryl/α,β-unsaturated/α-hetero) is 1. The van der Waals surface area contributed by atoms with Crippen LogP contribution in [0, 0.1) is 0 Å². The van der Waals surface area contributed by atoms with E-state index in [0.29, 0.717) is 16.7 Å². The zero-order valence-electron chi connectivity index (χ0n) is 10.1. The van der Waals surface area contributed by atoms with Gasteiger partial charge in [-0.3, -0.25) is 9.36 Å². The van der Waals surface area contributed by atoms with Crippen LogP contribution in [0.3, 0.4) is 0 Å². The lowest BCUT2D eigenvalue weighted by Gasteiger charge is -2.09. The van der Waals surface area contributed by atoms with E-state index in [1.807, 2.05) is 0 Å². The summed E-state index contributed by atoms with van der Waals surface area (Å²) in [5.74, 6) is -0.360. The Morgan fingerprint density at radius 2 is 2.33 bits per heavy atom. The van der Waals surface area contributed by atoms with Gasteiger partial charge in [-0.05, 0) is 38.1 Å². The summed E-state index contributed by atoms with van der Waals surface area (Å²) < 4.78 is 6.87. The van der Waals surface area contributed by atoms with E-state index < -0.39 is 0 Å². The van der Waals surface area contributed by atoms with Gasteiger partial charge >= 0.3 is 5.76 Å². The molecule has 1 N–H and O–H groups in total. The fraction of sp³-hybridized carbons (Fsp3) is 0.385. The van der Waals surface area contributed by atoms with Gasteiger partial charge in [0.05, 0.1) is 11.6 Å². The molecule has 5 heteroatoms. The SMILES string of the molecule is CC(=O)c1ccc2oc(=O)n(C3CCNC3)c2c1. The molecule has 1 atom stereocenters. The molecule has 1 aromatic heterocycles. The first-order chi connectivity index (χ1) is 8.66. The molecule has 0 saturated carbocycles. The van der Waals surface area contributed by atoms with E-state index in [1.165, 1.54) is 6.92 Å². The Hall–Kier alpha value is -1.88. The highest BCUT2D eigenvalue weighted by Gasteiger charge is 2.22. The van der Waals surface area contributed by atoms with Crippen LogP contribution in [0.2, 0.25) is 0 Å². The molecule has 1 aromatic carbocycles. The van der Waals surface area contributed by atoms with Crippen molar-refractivity contribution in [2.24, 2.45) is 0 Å². The minimum Gasteiger partial charge on any atom is -0.408 e. The largest absolute Gasteiger partial charge is 0.420 e. The molecular weight excluding hydrogens is 232 g/mol. The van der Waals surface area contributed by atoms with Gasteiger partial charge < -0.3 is 9.73 Å². The second kappa shape index (κ2) is 4.10. The molecular formula is C13H14N2O3. The molecule has 2 heterocycles. The first kappa shape index (κ1) is 11.2. The highest BCUT2D eigenvalue weighted by atomic mass is 16.4. The molecule has 0 spiro atoms. The maximum absolute atomic E-state index is 11.9. The number of nitrogens with zero attached hydrogens (tertiary/aromatic N) is 1. The Kier molecular flexibility index (Phi) is 2.56. The highest BCUT2D eigenvalue weighted by Crippen LogP contribution is 2.22. The smallest absolute Gasteiger partial charge is 0.408 e. The maximum atomic E-state index is 11.9. The number of rotatable bonds is 2. The minimum absolute atomic E-state index is 0.0124. The van der Waals surface area contributed by atoms with Crippen LogP contribution in [0.1, 0.15) is 29.7 Å². The van der Waals surface area contributed by atoms with Gasteiger partial charge in [-0.1, -0.05) is 0 Å². The van der Waals surface area contributed by atoms with Crippen LogP contribution in [0.25, 0.3) is 11.1 Å². The Labute approximate surface area is 103 Å². The van der Waals surface area contributed by atoms with E-state index in [-0.39, 0.29) is 17.6 Å². The van der Waals surface area contributed by atoms with Gasteiger partial charge in [0.1, 0.15) is 0 Å². The van der Waals surface area contributed by atoms with Crippen molar-refractivity contribution in [2.45, 2.75) is 19.4 Å². The molecule has 1 fully saturated rings. The summed E-state index contributed by atoms with van der Waals surface area (Å²) in [6, 6.07) is 5.22. The Morgan fingerprint density at radius 3 is 3.00 bits per heavy atom. The molecule has 94 valence electrons. The van der Waals surface area contributed by atoms with Gasteiger partial charge in [0.25, 0.3) is 0 Å². The molecule has 1 aliphatic heterocycles. The average molecular weight is 246 g/mol. The minimum atomic E-state index is -0.348. The van der Waals surface area contributed by atoms with Gasteiger partial charge in [0.15, 0.2) is 11.4 Å². The average Bonchev–Trinajstić information content (AvgIpc) is 2.93. The lowest BCUT2D eigenvalue weighted by atomic mass is 10.1. The third-order valence-electron chi connectivity index (χ3n) is 3.42. The fourth-order valence-electron chi connectivity index (χ4n) is 2.46. The van der Waals surface area contributed by atoms with Crippen molar-refractivity contribution in [1.82, 2.24) is 9.88 Å². The summed E-state index contributed by atoms with van der Waals surface area (Å²) in [5.41, 5.74) is 1.85. The fourth-order valence-corrected chi connectivity index (χ4v) is 2.46. The van der Waals surface area contributed by atoms with Crippen LogP contribution in [0.4, 0.5) is 0 Å². The molecule has 2 aromatic rings. The third-order valence-corrected chi connectivity index (χ3v) is 3.42. The standard InChI is InChI=1S/C13H14N2O3/c1-8(16)9-2-3-12-11(6-9)15(13(17)18-12)10-4-5-14-7-10/h2-3,6,10,14H,4-5,7H2,1H3. The van der Waals surface area contributed by atoms with Crippen molar-refractivity contribution in [2.75, 3.05) is 13.1 Å². The lowest BCUT2D eigenvalue weighted by Crippen LogP contribution is -2.22. The summed E-state index contributed by atoms with van der Waals surface area (Å²) in [6.07, 6.45) is 0.902. The van der Waals surface area contributed by atoms with Crippen LogP contribution in [-0.2, 0) is 0 Å². The highest BCUT2D eigenvalue weighted by molar-refractivity contribution is 5.97. The zero-order valence-corrected chi connectivity index (χ0v) is 10.1. The number of aromatic nitrogens is 1. The molecule has 5 nitrogen and oxygen atoms in total. The van der Waals surface area contributed by atoms with Crippen LogP contribution in [0.15, 0.2) is 27.4 Å². The van der Waals surface area contributed by atoms with E-state index in [0.717, 1.165) is 19.5 Å². The van der Waals surface area contributed by atoms with Crippen LogP contribution < -0.4 is 11.1 Å². The van der Waals surface area contributed by atoms with E-state index in [2.05, 4.69) is 5.32 Å². The molecule has 1 saturated heterocycles. The summed E-state index contributed by atoms with van der Waals surface area (Å²) in [6.45, 7) is 3.18. The van der Waals surface area contributed by atoms with Gasteiger partial charge in [-0.25, -0.2) is 4.79 Å². The quantitative estimate of drug-likeness (QED) is 0.812. The first-order valence-electron chi connectivity index (χ1n) is 6.03. The number of oxazole rings is 1. The number of hydrogen-bond acceptors (Lipinski definition) is 4. The second-order valence-electron chi connectivity index (χ2n) is 4.62. The molecule has 1 aliphatic rings. The predicted octanol–water partition coefficient (Wildman–Crippen LogP) is 1.33. The number of carbonyl (C=O) groups excluding carboxylic acids is 1. The van der Waals surface area contributed by atoms with Crippen molar-refractivity contribution in [3.63, 3.8) is 0 Å². The summed E-state index contributed by atoms with van der Waals surface area (Å²) in [5, 5.41) is 3.22. The Morgan fingerprint density at radius 1 is 1.50 bits per heavy atom. The normalized spacial score (nSPS) is 19.5.